The molecule has 3 N–H and O–H groups in total. The molecule has 1 aliphatic rings. The van der Waals surface area contributed by atoms with Gasteiger partial charge < -0.3 is 11.1 Å². The maximum atomic E-state index is 11.8. The highest BCUT2D eigenvalue weighted by Gasteiger charge is 2.29. The average molecular weight is 238 g/mol. The van der Waals surface area contributed by atoms with Gasteiger partial charge in [-0.3, -0.25) is 4.79 Å². The molecule has 2 rings (SSSR count). The van der Waals surface area contributed by atoms with Gasteiger partial charge >= 0.3 is 0 Å². The molecule has 1 aliphatic carbocycles. The van der Waals surface area contributed by atoms with E-state index in [0.29, 0.717) is 6.42 Å². The molecule has 0 radical (unpaired) electrons. The number of anilines is 1. The van der Waals surface area contributed by atoms with Crippen molar-refractivity contribution in [2.24, 2.45) is 5.73 Å². The Kier molecular flexibility index (Phi) is 3.61. The fraction of sp³-hybridized carbons (Fsp3) is 0.583. The van der Waals surface area contributed by atoms with E-state index in [1.807, 2.05) is 16.8 Å². The molecule has 3 nitrogen and oxygen atoms in total. The number of hydrogen-bond acceptors (Lipinski definition) is 3. The predicted molar refractivity (Wildman–Crippen MR) is 67.6 cm³/mol. The summed E-state index contributed by atoms with van der Waals surface area (Å²) >= 11 is 1.58. The lowest BCUT2D eigenvalue weighted by atomic mass is 9.80. The second kappa shape index (κ2) is 4.97. The Hall–Kier alpha value is -0.870. The molecule has 0 unspecified atom stereocenters. The van der Waals surface area contributed by atoms with Crippen LogP contribution in [0.15, 0.2) is 16.8 Å². The van der Waals surface area contributed by atoms with Gasteiger partial charge in [0.2, 0.25) is 5.91 Å². The lowest BCUT2D eigenvalue weighted by Crippen LogP contribution is -2.44. The standard InChI is InChI=1S/C12H18N2OS/c13-12(5-2-1-3-6-12)8-11(15)14-10-4-7-16-9-10/h4,7,9H,1-3,5-6,8,13H2,(H,14,15). The number of hydrogen-bond donors (Lipinski definition) is 2. The van der Waals surface area contributed by atoms with Crippen LogP contribution in [0, 0.1) is 0 Å². The first-order valence-electron chi connectivity index (χ1n) is 5.79. The SMILES string of the molecule is NC1(CC(=O)Nc2ccsc2)CCCCC1. The highest BCUT2D eigenvalue weighted by Crippen LogP contribution is 2.29. The first-order valence-corrected chi connectivity index (χ1v) is 6.73. The molecule has 88 valence electrons. The van der Waals surface area contributed by atoms with Crippen LogP contribution in [0.1, 0.15) is 38.5 Å². The van der Waals surface area contributed by atoms with Gasteiger partial charge in [0.05, 0.1) is 5.69 Å². The van der Waals surface area contributed by atoms with E-state index < -0.39 is 0 Å². The lowest BCUT2D eigenvalue weighted by molar-refractivity contribution is -0.117. The van der Waals surface area contributed by atoms with E-state index in [-0.39, 0.29) is 11.4 Å². The monoisotopic (exact) mass is 238 g/mol. The summed E-state index contributed by atoms with van der Waals surface area (Å²) in [6.45, 7) is 0. The third-order valence-electron chi connectivity index (χ3n) is 3.17. The van der Waals surface area contributed by atoms with Crippen molar-refractivity contribution in [2.75, 3.05) is 5.32 Å². The normalized spacial score (nSPS) is 19.3. The molecule has 0 aromatic carbocycles. The number of nitrogens with one attached hydrogen (secondary N) is 1. The summed E-state index contributed by atoms with van der Waals surface area (Å²) in [7, 11) is 0. The Morgan fingerprint density at radius 3 is 2.81 bits per heavy atom. The first-order chi connectivity index (χ1) is 7.68. The van der Waals surface area contributed by atoms with Crippen LogP contribution in [0.4, 0.5) is 5.69 Å². The van der Waals surface area contributed by atoms with Gasteiger partial charge in [-0.2, -0.15) is 11.3 Å². The first kappa shape index (κ1) is 11.6. The number of thiophene rings is 1. The Balaban J connectivity index is 1.86. The van der Waals surface area contributed by atoms with Gasteiger partial charge in [-0.05, 0) is 24.3 Å². The second-order valence-electron chi connectivity index (χ2n) is 4.66. The molecular weight excluding hydrogens is 220 g/mol. The van der Waals surface area contributed by atoms with Gasteiger partial charge in [-0.15, -0.1) is 0 Å². The zero-order valence-corrected chi connectivity index (χ0v) is 10.2. The van der Waals surface area contributed by atoms with E-state index >= 15 is 0 Å². The Bertz CT molecular complexity index is 342. The number of nitrogens with two attached hydrogens (primary N) is 1. The number of carbonyl (C=O) groups is 1. The van der Waals surface area contributed by atoms with E-state index in [1.54, 1.807) is 11.3 Å². The van der Waals surface area contributed by atoms with Crippen LogP contribution >= 0.6 is 11.3 Å². The molecule has 0 atom stereocenters. The van der Waals surface area contributed by atoms with Crippen LogP contribution in [-0.2, 0) is 4.79 Å². The zero-order chi connectivity index (χ0) is 11.4. The smallest absolute Gasteiger partial charge is 0.226 e. The summed E-state index contributed by atoms with van der Waals surface area (Å²) < 4.78 is 0. The lowest BCUT2D eigenvalue weighted by Gasteiger charge is -2.32. The molecule has 1 fully saturated rings. The fourth-order valence-electron chi connectivity index (χ4n) is 2.29. The van der Waals surface area contributed by atoms with E-state index in [9.17, 15) is 4.79 Å². The van der Waals surface area contributed by atoms with Crippen molar-refractivity contribution in [1.82, 2.24) is 0 Å². The van der Waals surface area contributed by atoms with Crippen LogP contribution in [0.5, 0.6) is 0 Å². The number of amides is 1. The summed E-state index contributed by atoms with van der Waals surface area (Å²) in [4.78, 5) is 11.8. The summed E-state index contributed by atoms with van der Waals surface area (Å²) in [5.74, 6) is 0.0443. The minimum absolute atomic E-state index is 0.0443. The van der Waals surface area contributed by atoms with Crippen molar-refractivity contribution in [3.63, 3.8) is 0 Å². The maximum absolute atomic E-state index is 11.8. The minimum atomic E-state index is -0.266. The quantitative estimate of drug-likeness (QED) is 0.850. The maximum Gasteiger partial charge on any atom is 0.226 e. The van der Waals surface area contributed by atoms with Gasteiger partial charge in [0, 0.05) is 17.3 Å². The summed E-state index contributed by atoms with van der Waals surface area (Å²) in [5.41, 5.74) is 6.85. The van der Waals surface area contributed by atoms with Crippen molar-refractivity contribution >= 4 is 22.9 Å². The molecular formula is C12H18N2OS. The van der Waals surface area contributed by atoms with Gasteiger partial charge in [0.1, 0.15) is 0 Å². The zero-order valence-electron chi connectivity index (χ0n) is 9.37. The molecule has 1 aromatic heterocycles. The highest BCUT2D eigenvalue weighted by molar-refractivity contribution is 7.08. The second-order valence-corrected chi connectivity index (χ2v) is 5.44. The molecule has 0 bridgehead atoms. The Labute approximate surface area is 100 Å². The van der Waals surface area contributed by atoms with Crippen LogP contribution in [0.25, 0.3) is 0 Å². The molecule has 1 heterocycles. The molecule has 0 spiro atoms. The van der Waals surface area contributed by atoms with Crippen molar-refractivity contribution in [1.29, 1.82) is 0 Å². The molecule has 4 heteroatoms. The highest BCUT2D eigenvalue weighted by atomic mass is 32.1. The molecule has 0 aliphatic heterocycles. The molecule has 1 amide bonds. The topological polar surface area (TPSA) is 55.1 Å². The number of rotatable bonds is 3. The summed E-state index contributed by atoms with van der Waals surface area (Å²) in [6, 6.07) is 1.91. The molecule has 1 saturated carbocycles. The van der Waals surface area contributed by atoms with E-state index in [2.05, 4.69) is 5.32 Å². The molecule has 16 heavy (non-hydrogen) atoms. The van der Waals surface area contributed by atoms with Crippen molar-refractivity contribution in [3.8, 4) is 0 Å². The fourth-order valence-corrected chi connectivity index (χ4v) is 2.88. The largest absolute Gasteiger partial charge is 0.325 e. The minimum Gasteiger partial charge on any atom is -0.325 e. The van der Waals surface area contributed by atoms with Crippen LogP contribution in [0.3, 0.4) is 0 Å². The summed E-state index contributed by atoms with van der Waals surface area (Å²) in [6.07, 6.45) is 5.96. The van der Waals surface area contributed by atoms with Crippen LogP contribution in [0.2, 0.25) is 0 Å². The molecule has 1 aromatic rings. The van der Waals surface area contributed by atoms with Crippen LogP contribution in [-0.4, -0.2) is 11.4 Å². The predicted octanol–water partition coefficient (Wildman–Crippen LogP) is 2.74. The van der Waals surface area contributed by atoms with E-state index in [1.165, 1.54) is 6.42 Å². The Morgan fingerprint density at radius 1 is 1.44 bits per heavy atom. The third kappa shape index (κ3) is 3.06. The summed E-state index contributed by atoms with van der Waals surface area (Å²) in [5, 5.41) is 6.77. The van der Waals surface area contributed by atoms with Crippen molar-refractivity contribution < 1.29 is 4.79 Å². The average Bonchev–Trinajstić information content (AvgIpc) is 2.70. The van der Waals surface area contributed by atoms with Gasteiger partial charge in [-0.25, -0.2) is 0 Å². The third-order valence-corrected chi connectivity index (χ3v) is 3.85. The van der Waals surface area contributed by atoms with E-state index in [4.69, 9.17) is 5.73 Å². The number of carbonyl (C=O) groups excluding carboxylic acids is 1. The van der Waals surface area contributed by atoms with Crippen LogP contribution < -0.4 is 11.1 Å². The van der Waals surface area contributed by atoms with E-state index in [0.717, 1.165) is 31.4 Å². The van der Waals surface area contributed by atoms with Gasteiger partial charge in [-0.1, -0.05) is 19.3 Å². The van der Waals surface area contributed by atoms with Crippen molar-refractivity contribution in [3.05, 3.63) is 16.8 Å². The van der Waals surface area contributed by atoms with Crippen molar-refractivity contribution in [2.45, 2.75) is 44.1 Å². The van der Waals surface area contributed by atoms with Gasteiger partial charge in [0.25, 0.3) is 0 Å². The van der Waals surface area contributed by atoms with Gasteiger partial charge in [0.15, 0.2) is 0 Å². The Morgan fingerprint density at radius 2 is 2.19 bits per heavy atom. The molecule has 0 saturated heterocycles.